The molecule has 0 bridgehead atoms. The third-order valence-corrected chi connectivity index (χ3v) is 6.44. The number of rotatable bonds is 10. The maximum Gasteiger partial charge on any atom is 0.0820 e. The molecule has 0 fully saturated rings. The van der Waals surface area contributed by atoms with Crippen LogP contribution in [0.1, 0.15) is 86.3 Å². The van der Waals surface area contributed by atoms with E-state index >= 15 is 0 Å². The molecule has 178 valence electrons. The second-order valence-corrected chi connectivity index (χ2v) is 8.65. The molecule has 0 saturated heterocycles. The zero-order chi connectivity index (χ0) is 24.5. The zero-order valence-corrected chi connectivity index (χ0v) is 21.8. The maximum atomic E-state index is 4.89. The van der Waals surface area contributed by atoms with Crippen molar-refractivity contribution in [1.29, 1.82) is 0 Å². The van der Waals surface area contributed by atoms with Gasteiger partial charge in [-0.2, -0.15) is 0 Å². The number of aliphatic imine (C=N–C) groups is 2. The number of nitrogens with zero attached hydrogens (tertiary/aromatic N) is 3. The number of aryl methyl sites for hydroxylation is 6. The highest BCUT2D eigenvalue weighted by Crippen LogP contribution is 2.29. The van der Waals surface area contributed by atoms with Crippen molar-refractivity contribution < 1.29 is 0 Å². The van der Waals surface area contributed by atoms with Crippen LogP contribution in [0.2, 0.25) is 0 Å². The van der Waals surface area contributed by atoms with Gasteiger partial charge in [-0.15, -0.1) is 0 Å². The van der Waals surface area contributed by atoms with Crippen molar-refractivity contribution in [2.75, 3.05) is 0 Å². The Kier molecular flexibility index (Phi) is 9.33. The summed E-state index contributed by atoms with van der Waals surface area (Å²) in [6.45, 7) is 13.2. The molecule has 0 saturated carbocycles. The third kappa shape index (κ3) is 6.08. The van der Waals surface area contributed by atoms with Gasteiger partial charge in [0.15, 0.2) is 0 Å². The van der Waals surface area contributed by atoms with E-state index in [4.69, 9.17) is 15.0 Å². The van der Waals surface area contributed by atoms with Gasteiger partial charge >= 0.3 is 0 Å². The van der Waals surface area contributed by atoms with Crippen LogP contribution in [-0.4, -0.2) is 17.4 Å². The highest BCUT2D eigenvalue weighted by Gasteiger charge is 2.09. The predicted octanol–water partition coefficient (Wildman–Crippen LogP) is 7.96. The largest absolute Gasteiger partial charge is 0.254 e. The van der Waals surface area contributed by atoms with Crippen molar-refractivity contribution in [3.63, 3.8) is 0 Å². The molecule has 0 aliphatic heterocycles. The van der Waals surface area contributed by atoms with Gasteiger partial charge < -0.3 is 0 Å². The van der Waals surface area contributed by atoms with Gasteiger partial charge in [0.1, 0.15) is 0 Å². The van der Waals surface area contributed by atoms with Crippen LogP contribution in [0.4, 0.5) is 11.4 Å². The van der Waals surface area contributed by atoms with Crippen LogP contribution in [0, 0.1) is 0 Å². The molecule has 34 heavy (non-hydrogen) atoms. The van der Waals surface area contributed by atoms with E-state index in [1.807, 2.05) is 30.6 Å². The predicted molar refractivity (Wildman–Crippen MR) is 148 cm³/mol. The first-order chi connectivity index (χ1) is 16.6. The summed E-state index contributed by atoms with van der Waals surface area (Å²) >= 11 is 0. The first kappa shape index (κ1) is 25.6. The summed E-state index contributed by atoms with van der Waals surface area (Å²) in [5.41, 5.74) is 11.9. The molecule has 3 aromatic rings. The Bertz CT molecular complexity index is 1030. The van der Waals surface area contributed by atoms with Gasteiger partial charge in [-0.25, -0.2) is 4.98 Å². The fourth-order valence-corrected chi connectivity index (χ4v) is 4.36. The summed E-state index contributed by atoms with van der Waals surface area (Å²) in [7, 11) is 0. The lowest BCUT2D eigenvalue weighted by atomic mass is 9.98. The van der Waals surface area contributed by atoms with Crippen molar-refractivity contribution >= 4 is 23.8 Å². The summed E-state index contributed by atoms with van der Waals surface area (Å²) in [4.78, 5) is 14.6. The summed E-state index contributed by atoms with van der Waals surface area (Å²) in [6, 6.07) is 15.2. The van der Waals surface area contributed by atoms with Gasteiger partial charge in [-0.1, -0.05) is 71.9 Å². The minimum absolute atomic E-state index is 0.848. The zero-order valence-electron chi connectivity index (χ0n) is 21.8. The lowest BCUT2D eigenvalue weighted by Crippen LogP contribution is -1.97. The molecule has 0 atom stereocenters. The molecular formula is C31H39N3. The number of aromatic nitrogens is 1. The van der Waals surface area contributed by atoms with Crippen molar-refractivity contribution in [3.8, 4) is 0 Å². The van der Waals surface area contributed by atoms with E-state index in [1.54, 1.807) is 0 Å². The van der Waals surface area contributed by atoms with Crippen LogP contribution in [-0.2, 0) is 38.5 Å². The van der Waals surface area contributed by atoms with Gasteiger partial charge in [0.05, 0.1) is 35.2 Å². The van der Waals surface area contributed by atoms with E-state index in [1.165, 1.54) is 33.4 Å². The van der Waals surface area contributed by atoms with E-state index in [0.29, 0.717) is 0 Å². The molecule has 0 amide bonds. The van der Waals surface area contributed by atoms with Crippen molar-refractivity contribution in [2.24, 2.45) is 9.98 Å². The monoisotopic (exact) mass is 453 g/mol. The molecule has 0 unspecified atom stereocenters. The fraction of sp³-hybridized carbons (Fsp3) is 0.387. The second kappa shape index (κ2) is 12.4. The molecule has 3 rings (SSSR count). The molecule has 0 spiro atoms. The van der Waals surface area contributed by atoms with Crippen LogP contribution in [0.5, 0.6) is 0 Å². The van der Waals surface area contributed by atoms with Gasteiger partial charge in [-0.05, 0) is 84.0 Å². The van der Waals surface area contributed by atoms with E-state index in [0.717, 1.165) is 61.3 Å². The van der Waals surface area contributed by atoms with Crippen LogP contribution in [0.3, 0.4) is 0 Å². The van der Waals surface area contributed by atoms with Crippen molar-refractivity contribution in [1.82, 2.24) is 4.98 Å². The number of hydrogen-bond acceptors (Lipinski definition) is 3. The van der Waals surface area contributed by atoms with Crippen molar-refractivity contribution in [2.45, 2.75) is 80.1 Å². The topological polar surface area (TPSA) is 37.6 Å². The average molecular weight is 454 g/mol. The van der Waals surface area contributed by atoms with Crippen LogP contribution in [0.25, 0.3) is 0 Å². The summed E-state index contributed by atoms with van der Waals surface area (Å²) in [5.74, 6) is 0. The van der Waals surface area contributed by atoms with E-state index in [-0.39, 0.29) is 0 Å². The molecule has 3 nitrogen and oxygen atoms in total. The Morgan fingerprint density at radius 3 is 1.21 bits per heavy atom. The molecular weight excluding hydrogens is 414 g/mol. The Hall–Kier alpha value is -3.07. The van der Waals surface area contributed by atoms with E-state index < -0.39 is 0 Å². The second-order valence-electron chi connectivity index (χ2n) is 8.65. The maximum absolute atomic E-state index is 4.89. The van der Waals surface area contributed by atoms with Gasteiger partial charge in [-0.3, -0.25) is 9.98 Å². The standard InChI is InChI=1S/C31H39N3/c1-7-22-16-24(9-3)30(25(10-4)17-22)32-20-28-14-13-15-29(34-28)21-33-31-26(11-5)18-23(8-2)19-27(31)12-6/h13-21H,7-12H2,1-6H3. The van der Waals surface area contributed by atoms with Gasteiger partial charge in [0, 0.05) is 0 Å². The smallest absolute Gasteiger partial charge is 0.0820 e. The molecule has 0 N–H and O–H groups in total. The Morgan fingerprint density at radius 2 is 0.912 bits per heavy atom. The molecule has 3 heteroatoms. The van der Waals surface area contributed by atoms with Crippen molar-refractivity contribution in [3.05, 3.63) is 87.2 Å². The first-order valence-corrected chi connectivity index (χ1v) is 12.9. The van der Waals surface area contributed by atoms with Gasteiger partial charge in [0.2, 0.25) is 0 Å². The minimum atomic E-state index is 0.848. The molecule has 0 radical (unpaired) electrons. The molecule has 0 aliphatic carbocycles. The molecule has 2 aromatic carbocycles. The highest BCUT2D eigenvalue weighted by molar-refractivity contribution is 5.85. The normalized spacial score (nSPS) is 11.7. The van der Waals surface area contributed by atoms with Crippen LogP contribution >= 0.6 is 0 Å². The molecule has 0 aliphatic rings. The van der Waals surface area contributed by atoms with Crippen LogP contribution < -0.4 is 0 Å². The number of pyridine rings is 1. The van der Waals surface area contributed by atoms with Gasteiger partial charge in [0.25, 0.3) is 0 Å². The Labute approximate surface area is 206 Å². The first-order valence-electron chi connectivity index (χ1n) is 12.9. The molecule has 1 aromatic heterocycles. The summed E-state index contributed by atoms with van der Waals surface area (Å²) < 4.78 is 0. The minimum Gasteiger partial charge on any atom is -0.254 e. The lowest BCUT2D eigenvalue weighted by molar-refractivity contribution is 1.04. The summed E-state index contributed by atoms with van der Waals surface area (Å²) in [6.07, 6.45) is 9.78. The Balaban J connectivity index is 1.92. The summed E-state index contributed by atoms with van der Waals surface area (Å²) in [5, 5.41) is 0. The van der Waals surface area contributed by atoms with Crippen LogP contribution in [0.15, 0.2) is 52.4 Å². The average Bonchev–Trinajstić information content (AvgIpc) is 2.89. The number of benzene rings is 2. The van der Waals surface area contributed by atoms with E-state index in [9.17, 15) is 0 Å². The SMILES string of the molecule is CCc1cc(CC)c(N=Cc2cccc(C=Nc3c(CC)cc(CC)cc3CC)n2)c(CC)c1. The van der Waals surface area contributed by atoms with E-state index in [2.05, 4.69) is 65.8 Å². The Morgan fingerprint density at radius 1 is 0.559 bits per heavy atom. The number of hydrogen-bond donors (Lipinski definition) is 0. The lowest BCUT2D eigenvalue weighted by Gasteiger charge is -2.12. The third-order valence-electron chi connectivity index (χ3n) is 6.44. The molecule has 1 heterocycles. The highest BCUT2D eigenvalue weighted by atomic mass is 14.8. The quantitative estimate of drug-likeness (QED) is 0.287. The fourth-order valence-electron chi connectivity index (χ4n) is 4.36.